The van der Waals surface area contributed by atoms with Crippen molar-refractivity contribution >= 4 is 5.91 Å². The van der Waals surface area contributed by atoms with Crippen LogP contribution in [0.5, 0.6) is 0 Å². The van der Waals surface area contributed by atoms with Gasteiger partial charge in [0.2, 0.25) is 5.91 Å². The van der Waals surface area contributed by atoms with E-state index in [9.17, 15) is 4.79 Å². The number of nitriles is 2. The van der Waals surface area contributed by atoms with E-state index in [1.54, 1.807) is 0 Å². The van der Waals surface area contributed by atoms with Gasteiger partial charge in [0, 0.05) is 26.7 Å². The molecule has 0 aliphatic carbocycles. The number of carbonyl (C=O) groups is 1. The Balaban J connectivity index is 4.31. The molecule has 0 spiro atoms. The van der Waals surface area contributed by atoms with Crippen LogP contribution in [-0.2, 0) is 9.53 Å². The summed E-state index contributed by atoms with van der Waals surface area (Å²) in [5.74, 6) is -0.132. The first-order chi connectivity index (χ1) is 8.19. The molecule has 0 rings (SSSR count). The van der Waals surface area contributed by atoms with E-state index in [1.807, 2.05) is 12.1 Å². The number of hydrogen-bond acceptors (Lipinski definition) is 5. The van der Waals surface area contributed by atoms with Gasteiger partial charge in [-0.2, -0.15) is 10.5 Å². The zero-order valence-electron chi connectivity index (χ0n) is 10.1. The summed E-state index contributed by atoms with van der Waals surface area (Å²) in [6.45, 7) is 0.961. The average Bonchev–Trinajstić information content (AvgIpc) is 2.35. The Bertz CT molecular complexity index is 284. The largest absolute Gasteiger partial charge is 0.380 e. The molecule has 17 heavy (non-hydrogen) atoms. The van der Waals surface area contributed by atoms with E-state index in [-0.39, 0.29) is 37.8 Å². The average molecular weight is 238 g/mol. The standard InChI is InChI=1S/C11H18N4O2/c1-17-10(9-14)8-11(16)15(6-2-4-12)7-3-5-13/h10H,2-3,6-9,14H2,1H3. The highest BCUT2D eigenvalue weighted by atomic mass is 16.5. The van der Waals surface area contributed by atoms with Gasteiger partial charge in [0.1, 0.15) is 0 Å². The predicted molar refractivity (Wildman–Crippen MR) is 61.5 cm³/mol. The lowest BCUT2D eigenvalue weighted by molar-refractivity contribution is -0.133. The van der Waals surface area contributed by atoms with Gasteiger partial charge in [-0.3, -0.25) is 4.79 Å². The quantitative estimate of drug-likeness (QED) is 0.641. The van der Waals surface area contributed by atoms with Gasteiger partial charge >= 0.3 is 0 Å². The topological polar surface area (TPSA) is 103 Å². The first-order valence-electron chi connectivity index (χ1n) is 5.44. The molecule has 0 radical (unpaired) electrons. The second kappa shape index (κ2) is 9.59. The fraction of sp³-hybridized carbons (Fsp3) is 0.727. The maximum Gasteiger partial charge on any atom is 0.225 e. The molecule has 2 N–H and O–H groups in total. The van der Waals surface area contributed by atoms with Crippen LogP contribution in [0.4, 0.5) is 0 Å². The van der Waals surface area contributed by atoms with Crippen molar-refractivity contribution in [3.63, 3.8) is 0 Å². The predicted octanol–water partition coefficient (Wildman–Crippen LogP) is 0.00616. The van der Waals surface area contributed by atoms with Crippen LogP contribution >= 0.6 is 0 Å². The molecule has 1 amide bonds. The molecule has 0 aromatic carbocycles. The van der Waals surface area contributed by atoms with Crippen LogP contribution < -0.4 is 5.73 Å². The maximum absolute atomic E-state index is 11.9. The summed E-state index contributed by atoms with van der Waals surface area (Å²) in [7, 11) is 1.50. The number of ether oxygens (including phenoxy) is 1. The van der Waals surface area contributed by atoms with Crippen molar-refractivity contribution in [1.82, 2.24) is 4.90 Å². The lowest BCUT2D eigenvalue weighted by Gasteiger charge is -2.22. The molecule has 1 atom stereocenters. The number of nitrogens with two attached hydrogens (primary N) is 1. The third-order valence-electron chi connectivity index (χ3n) is 2.34. The number of amides is 1. The van der Waals surface area contributed by atoms with Crippen molar-refractivity contribution in [3.05, 3.63) is 0 Å². The lowest BCUT2D eigenvalue weighted by Crippen LogP contribution is -2.37. The van der Waals surface area contributed by atoms with E-state index in [0.29, 0.717) is 13.1 Å². The van der Waals surface area contributed by atoms with E-state index in [4.69, 9.17) is 21.0 Å². The first-order valence-corrected chi connectivity index (χ1v) is 5.44. The molecular formula is C11H18N4O2. The molecule has 0 heterocycles. The monoisotopic (exact) mass is 238 g/mol. The fourth-order valence-corrected chi connectivity index (χ4v) is 1.32. The molecule has 0 aromatic heterocycles. The van der Waals surface area contributed by atoms with Gasteiger partial charge in [-0.05, 0) is 0 Å². The Morgan fingerprint density at radius 2 is 1.88 bits per heavy atom. The zero-order chi connectivity index (χ0) is 13.1. The summed E-state index contributed by atoms with van der Waals surface area (Å²) < 4.78 is 5.03. The molecule has 0 aromatic rings. The third kappa shape index (κ3) is 6.52. The number of carbonyl (C=O) groups excluding carboxylic acids is 1. The van der Waals surface area contributed by atoms with Crippen molar-refractivity contribution in [2.45, 2.75) is 25.4 Å². The van der Waals surface area contributed by atoms with Crippen LogP contribution in [0.1, 0.15) is 19.3 Å². The fourth-order valence-electron chi connectivity index (χ4n) is 1.32. The van der Waals surface area contributed by atoms with Crippen LogP contribution in [-0.4, -0.2) is 43.7 Å². The van der Waals surface area contributed by atoms with Crippen molar-refractivity contribution in [2.24, 2.45) is 5.73 Å². The second-order valence-corrected chi connectivity index (χ2v) is 3.49. The molecule has 0 saturated heterocycles. The summed E-state index contributed by atoms with van der Waals surface area (Å²) in [5, 5.41) is 17.0. The molecule has 0 fully saturated rings. The highest BCUT2D eigenvalue weighted by Crippen LogP contribution is 2.03. The Morgan fingerprint density at radius 1 is 1.35 bits per heavy atom. The van der Waals surface area contributed by atoms with Crippen molar-refractivity contribution in [2.75, 3.05) is 26.7 Å². The Morgan fingerprint density at radius 3 is 2.24 bits per heavy atom. The van der Waals surface area contributed by atoms with Gasteiger partial charge in [0.15, 0.2) is 0 Å². The Kier molecular flexibility index (Phi) is 8.67. The Labute approximate surface area is 102 Å². The van der Waals surface area contributed by atoms with Gasteiger partial charge in [0.05, 0.1) is 37.5 Å². The Hall–Kier alpha value is -1.63. The lowest BCUT2D eigenvalue weighted by atomic mass is 10.2. The van der Waals surface area contributed by atoms with Gasteiger partial charge in [-0.15, -0.1) is 0 Å². The molecule has 1 unspecified atom stereocenters. The summed E-state index contributed by atoms with van der Waals surface area (Å²) in [4.78, 5) is 13.4. The minimum Gasteiger partial charge on any atom is -0.380 e. The highest BCUT2D eigenvalue weighted by Gasteiger charge is 2.17. The van der Waals surface area contributed by atoms with E-state index < -0.39 is 0 Å². The molecular weight excluding hydrogens is 220 g/mol. The van der Waals surface area contributed by atoms with Crippen LogP contribution in [0, 0.1) is 22.7 Å². The molecule has 94 valence electrons. The van der Waals surface area contributed by atoms with E-state index in [0.717, 1.165) is 0 Å². The minimum atomic E-state index is -0.311. The second-order valence-electron chi connectivity index (χ2n) is 3.49. The zero-order valence-corrected chi connectivity index (χ0v) is 10.1. The van der Waals surface area contributed by atoms with Crippen LogP contribution in [0.2, 0.25) is 0 Å². The van der Waals surface area contributed by atoms with E-state index >= 15 is 0 Å². The van der Waals surface area contributed by atoms with Gasteiger partial charge in [-0.25, -0.2) is 0 Å². The van der Waals surface area contributed by atoms with E-state index in [2.05, 4.69) is 0 Å². The maximum atomic E-state index is 11.9. The smallest absolute Gasteiger partial charge is 0.225 e. The third-order valence-corrected chi connectivity index (χ3v) is 2.34. The molecule has 0 bridgehead atoms. The SMILES string of the molecule is COC(CN)CC(=O)N(CCC#N)CCC#N. The molecule has 0 aliphatic rings. The van der Waals surface area contributed by atoms with Crippen LogP contribution in [0.15, 0.2) is 0 Å². The number of hydrogen-bond donors (Lipinski definition) is 1. The van der Waals surface area contributed by atoms with E-state index in [1.165, 1.54) is 12.0 Å². The van der Waals surface area contributed by atoms with Crippen molar-refractivity contribution in [3.8, 4) is 12.1 Å². The summed E-state index contributed by atoms with van der Waals surface area (Å²) in [6, 6.07) is 3.96. The van der Waals surface area contributed by atoms with Crippen molar-refractivity contribution in [1.29, 1.82) is 10.5 Å². The van der Waals surface area contributed by atoms with Gasteiger partial charge in [0.25, 0.3) is 0 Å². The molecule has 6 heteroatoms. The van der Waals surface area contributed by atoms with Crippen LogP contribution in [0.25, 0.3) is 0 Å². The number of nitrogens with zero attached hydrogens (tertiary/aromatic N) is 3. The summed E-state index contributed by atoms with van der Waals surface area (Å²) in [6.07, 6.45) is 0.396. The summed E-state index contributed by atoms with van der Waals surface area (Å²) >= 11 is 0. The normalized spacial score (nSPS) is 11.3. The summed E-state index contributed by atoms with van der Waals surface area (Å²) in [5.41, 5.74) is 5.43. The van der Waals surface area contributed by atoms with Crippen molar-refractivity contribution < 1.29 is 9.53 Å². The number of rotatable bonds is 8. The minimum absolute atomic E-state index is 0.132. The molecule has 0 saturated carbocycles. The molecule has 0 aliphatic heterocycles. The number of methoxy groups -OCH3 is 1. The first kappa shape index (κ1) is 15.4. The molecule has 6 nitrogen and oxygen atoms in total. The van der Waals surface area contributed by atoms with Gasteiger partial charge < -0.3 is 15.4 Å². The highest BCUT2D eigenvalue weighted by molar-refractivity contribution is 5.76. The van der Waals surface area contributed by atoms with Crippen LogP contribution in [0.3, 0.4) is 0 Å². The van der Waals surface area contributed by atoms with Gasteiger partial charge in [-0.1, -0.05) is 0 Å².